The molecular weight excluding hydrogens is 226 g/mol. The molecule has 0 aliphatic carbocycles. The molecule has 1 saturated heterocycles. The van der Waals surface area contributed by atoms with Crippen molar-refractivity contribution in [2.45, 2.75) is 39.8 Å². The Morgan fingerprint density at radius 1 is 1.17 bits per heavy atom. The molecule has 1 aromatic heterocycles. The highest BCUT2D eigenvalue weighted by Crippen LogP contribution is 2.07. The molecule has 1 aromatic rings. The minimum atomic E-state index is 0.671. The van der Waals surface area contributed by atoms with Crippen LogP contribution in [0.15, 0.2) is 6.33 Å². The number of nitrogens with zero attached hydrogens (tertiary/aromatic N) is 5. The Bertz CT molecular complexity index is 360. The SMILES string of the molecule is Cc1nncn1CCN1CCCN(C(C)C)CC1. The van der Waals surface area contributed by atoms with Crippen molar-refractivity contribution >= 4 is 0 Å². The van der Waals surface area contributed by atoms with Crippen molar-refractivity contribution in [3.05, 3.63) is 12.2 Å². The number of aryl methyl sites for hydroxylation is 1. The first-order chi connectivity index (χ1) is 8.66. The van der Waals surface area contributed by atoms with E-state index >= 15 is 0 Å². The Balaban J connectivity index is 1.79. The number of aromatic nitrogens is 3. The molecule has 0 aromatic carbocycles. The van der Waals surface area contributed by atoms with Crippen LogP contribution >= 0.6 is 0 Å². The standard InChI is InChI=1S/C13H25N5/c1-12(2)17-6-4-5-16(7-9-17)8-10-18-11-14-15-13(18)3/h11-12H,4-10H2,1-3H3. The van der Waals surface area contributed by atoms with Gasteiger partial charge in [0.25, 0.3) is 0 Å². The van der Waals surface area contributed by atoms with Crippen LogP contribution in [0.3, 0.4) is 0 Å². The van der Waals surface area contributed by atoms with Gasteiger partial charge in [0.15, 0.2) is 0 Å². The van der Waals surface area contributed by atoms with Crippen LogP contribution in [0.1, 0.15) is 26.1 Å². The van der Waals surface area contributed by atoms with Gasteiger partial charge in [-0.15, -0.1) is 10.2 Å². The fourth-order valence-electron chi connectivity index (χ4n) is 2.51. The zero-order valence-corrected chi connectivity index (χ0v) is 11.8. The van der Waals surface area contributed by atoms with Crippen molar-refractivity contribution < 1.29 is 0 Å². The Morgan fingerprint density at radius 2 is 2.00 bits per heavy atom. The molecule has 2 heterocycles. The maximum absolute atomic E-state index is 4.02. The van der Waals surface area contributed by atoms with E-state index in [4.69, 9.17) is 0 Å². The van der Waals surface area contributed by atoms with Crippen LogP contribution in [-0.4, -0.2) is 63.3 Å². The Kier molecular flexibility index (Phi) is 4.72. The lowest BCUT2D eigenvalue weighted by atomic mass is 10.3. The van der Waals surface area contributed by atoms with E-state index in [1.807, 2.05) is 13.3 Å². The molecule has 0 amide bonds. The fraction of sp³-hybridized carbons (Fsp3) is 0.846. The van der Waals surface area contributed by atoms with E-state index in [1.165, 1.54) is 32.6 Å². The average molecular weight is 251 g/mol. The van der Waals surface area contributed by atoms with E-state index in [9.17, 15) is 0 Å². The third-order valence-corrected chi connectivity index (χ3v) is 3.82. The summed E-state index contributed by atoms with van der Waals surface area (Å²) in [5.74, 6) is 1.01. The molecule has 0 bridgehead atoms. The maximum Gasteiger partial charge on any atom is 0.129 e. The molecule has 1 aliphatic heterocycles. The van der Waals surface area contributed by atoms with Crippen molar-refractivity contribution in [1.29, 1.82) is 0 Å². The lowest BCUT2D eigenvalue weighted by Crippen LogP contribution is -2.35. The van der Waals surface area contributed by atoms with Gasteiger partial charge in [-0.05, 0) is 40.3 Å². The molecule has 0 spiro atoms. The van der Waals surface area contributed by atoms with Gasteiger partial charge in [-0.3, -0.25) is 4.90 Å². The van der Waals surface area contributed by atoms with Crippen LogP contribution in [0.2, 0.25) is 0 Å². The summed E-state index contributed by atoms with van der Waals surface area (Å²) in [6, 6.07) is 0.671. The van der Waals surface area contributed by atoms with Crippen molar-refractivity contribution in [2.75, 3.05) is 32.7 Å². The zero-order chi connectivity index (χ0) is 13.0. The van der Waals surface area contributed by atoms with Gasteiger partial charge in [-0.25, -0.2) is 0 Å². The predicted octanol–water partition coefficient (Wildman–Crippen LogP) is 1.00. The first kappa shape index (κ1) is 13.5. The maximum atomic E-state index is 4.02. The Morgan fingerprint density at radius 3 is 2.67 bits per heavy atom. The van der Waals surface area contributed by atoms with Gasteiger partial charge in [0.05, 0.1) is 0 Å². The van der Waals surface area contributed by atoms with E-state index in [0.29, 0.717) is 6.04 Å². The lowest BCUT2D eigenvalue weighted by Gasteiger charge is -2.24. The van der Waals surface area contributed by atoms with Crippen LogP contribution in [0.25, 0.3) is 0 Å². The minimum Gasteiger partial charge on any atom is -0.317 e. The third kappa shape index (κ3) is 3.53. The smallest absolute Gasteiger partial charge is 0.129 e. The molecule has 0 N–H and O–H groups in total. The Hall–Kier alpha value is -0.940. The summed E-state index contributed by atoms with van der Waals surface area (Å²) in [4.78, 5) is 5.13. The summed E-state index contributed by atoms with van der Waals surface area (Å²) in [6.07, 6.45) is 3.10. The molecule has 1 fully saturated rings. The third-order valence-electron chi connectivity index (χ3n) is 3.82. The summed E-state index contributed by atoms with van der Waals surface area (Å²) < 4.78 is 2.13. The van der Waals surface area contributed by atoms with Gasteiger partial charge >= 0.3 is 0 Å². The molecule has 0 saturated carbocycles. The highest BCUT2D eigenvalue weighted by molar-refractivity contribution is 4.80. The van der Waals surface area contributed by atoms with E-state index in [0.717, 1.165) is 18.9 Å². The molecule has 0 unspecified atom stereocenters. The zero-order valence-electron chi connectivity index (χ0n) is 11.8. The van der Waals surface area contributed by atoms with Gasteiger partial charge in [0.2, 0.25) is 0 Å². The monoisotopic (exact) mass is 251 g/mol. The molecular formula is C13H25N5. The van der Waals surface area contributed by atoms with Gasteiger partial charge in [0, 0.05) is 32.2 Å². The number of hydrogen-bond donors (Lipinski definition) is 0. The fourth-order valence-corrected chi connectivity index (χ4v) is 2.51. The highest BCUT2D eigenvalue weighted by atomic mass is 15.3. The summed E-state index contributed by atoms with van der Waals surface area (Å²) in [7, 11) is 0. The molecule has 0 atom stereocenters. The summed E-state index contributed by atoms with van der Waals surface area (Å²) >= 11 is 0. The molecule has 0 radical (unpaired) electrons. The lowest BCUT2D eigenvalue weighted by molar-refractivity contribution is 0.218. The predicted molar refractivity (Wildman–Crippen MR) is 72.5 cm³/mol. The first-order valence-corrected chi connectivity index (χ1v) is 6.97. The minimum absolute atomic E-state index is 0.671. The second-order valence-corrected chi connectivity index (χ2v) is 5.40. The van der Waals surface area contributed by atoms with Crippen LogP contribution in [0.5, 0.6) is 0 Å². The molecule has 102 valence electrons. The van der Waals surface area contributed by atoms with Crippen molar-refractivity contribution in [1.82, 2.24) is 24.6 Å². The van der Waals surface area contributed by atoms with Crippen molar-refractivity contribution in [3.63, 3.8) is 0 Å². The second-order valence-electron chi connectivity index (χ2n) is 5.40. The van der Waals surface area contributed by atoms with Crippen LogP contribution in [-0.2, 0) is 6.54 Å². The average Bonchev–Trinajstić information content (AvgIpc) is 2.62. The molecule has 18 heavy (non-hydrogen) atoms. The van der Waals surface area contributed by atoms with Gasteiger partial charge < -0.3 is 9.47 Å². The molecule has 5 nitrogen and oxygen atoms in total. The van der Waals surface area contributed by atoms with Crippen molar-refractivity contribution in [2.24, 2.45) is 0 Å². The molecule has 2 rings (SSSR count). The normalized spacial score (nSPS) is 19.3. The molecule has 1 aliphatic rings. The van der Waals surface area contributed by atoms with Crippen molar-refractivity contribution in [3.8, 4) is 0 Å². The summed E-state index contributed by atoms with van der Waals surface area (Å²) in [5, 5.41) is 7.95. The van der Waals surface area contributed by atoms with Gasteiger partial charge in [-0.2, -0.15) is 0 Å². The van der Waals surface area contributed by atoms with Crippen LogP contribution < -0.4 is 0 Å². The topological polar surface area (TPSA) is 37.2 Å². The second kappa shape index (κ2) is 6.29. The Labute approximate surface area is 110 Å². The van der Waals surface area contributed by atoms with Crippen LogP contribution in [0.4, 0.5) is 0 Å². The van der Waals surface area contributed by atoms with Crippen LogP contribution in [0, 0.1) is 6.92 Å². The highest BCUT2D eigenvalue weighted by Gasteiger charge is 2.16. The summed E-state index contributed by atoms with van der Waals surface area (Å²) in [6.45, 7) is 13.5. The van der Waals surface area contributed by atoms with Gasteiger partial charge in [0.1, 0.15) is 12.2 Å². The van der Waals surface area contributed by atoms with Gasteiger partial charge in [-0.1, -0.05) is 0 Å². The number of hydrogen-bond acceptors (Lipinski definition) is 4. The largest absolute Gasteiger partial charge is 0.317 e. The van der Waals surface area contributed by atoms with E-state index in [-0.39, 0.29) is 0 Å². The van der Waals surface area contributed by atoms with E-state index < -0.39 is 0 Å². The quantitative estimate of drug-likeness (QED) is 0.800. The summed E-state index contributed by atoms with van der Waals surface area (Å²) in [5.41, 5.74) is 0. The molecule has 5 heteroatoms. The van der Waals surface area contributed by atoms with E-state index in [1.54, 1.807) is 0 Å². The van der Waals surface area contributed by atoms with E-state index in [2.05, 4.69) is 38.4 Å². The first-order valence-electron chi connectivity index (χ1n) is 6.97. The number of rotatable bonds is 4.